The van der Waals surface area contributed by atoms with E-state index in [4.69, 9.17) is 0 Å². The van der Waals surface area contributed by atoms with Crippen LogP contribution in [0.5, 0.6) is 0 Å². The Hall–Kier alpha value is -0.110. The first-order valence-corrected chi connectivity index (χ1v) is 5.05. The summed E-state index contributed by atoms with van der Waals surface area (Å²) in [6.07, 6.45) is 3.96. The number of rotatable bonds is 4. The van der Waals surface area contributed by atoms with E-state index in [0.29, 0.717) is 0 Å². The van der Waals surface area contributed by atoms with E-state index in [1.165, 1.54) is 5.57 Å². The molecule has 0 aliphatic carbocycles. The molecule has 0 aromatic rings. The van der Waals surface area contributed by atoms with Crippen LogP contribution in [0.3, 0.4) is 0 Å². The Kier molecular flexibility index (Phi) is 4.76. The van der Waals surface area contributed by atoms with Crippen molar-refractivity contribution < 1.29 is 4.79 Å². The van der Waals surface area contributed by atoms with Crippen LogP contribution in [0, 0.1) is 0 Å². The van der Waals surface area contributed by atoms with Crippen LogP contribution in [0.1, 0.15) is 40.5 Å². The fourth-order valence-corrected chi connectivity index (χ4v) is 0.816. The zero-order valence-corrected chi connectivity index (χ0v) is 9.86. The summed E-state index contributed by atoms with van der Waals surface area (Å²) in [5.74, 6) is 0.183. The van der Waals surface area contributed by atoms with Crippen molar-refractivity contribution in [1.82, 2.24) is 0 Å². The molecule has 0 N–H and O–H groups in total. The molecule has 0 rings (SSSR count). The Morgan fingerprint density at radius 1 is 1.50 bits per heavy atom. The van der Waals surface area contributed by atoms with Gasteiger partial charge in [0.2, 0.25) is 0 Å². The van der Waals surface area contributed by atoms with Gasteiger partial charge in [-0.2, -0.15) is 0 Å². The fourth-order valence-electron chi connectivity index (χ4n) is 0.654. The minimum absolute atomic E-state index is 0.183. The molecule has 1 atom stereocenters. The number of carbonyl (C=O) groups excluding carboxylic acids is 1. The van der Waals surface area contributed by atoms with Crippen molar-refractivity contribution in [2.45, 2.75) is 44.9 Å². The van der Waals surface area contributed by atoms with E-state index in [-0.39, 0.29) is 10.1 Å². The number of Topliss-reactive ketones (excluding diaryl/α,β-unsaturated/α-hetero) is 1. The van der Waals surface area contributed by atoms with Crippen LogP contribution in [0.4, 0.5) is 0 Å². The van der Waals surface area contributed by atoms with Crippen LogP contribution in [-0.2, 0) is 4.79 Å². The van der Waals surface area contributed by atoms with Gasteiger partial charge in [0.05, 0.1) is 4.32 Å². The van der Waals surface area contributed by atoms with Gasteiger partial charge < -0.3 is 0 Å². The second-order valence-electron chi connectivity index (χ2n) is 3.36. The Labute approximate surface area is 83.4 Å². The lowest BCUT2D eigenvalue weighted by molar-refractivity contribution is -0.118. The first kappa shape index (κ1) is 11.9. The molecule has 0 radical (unpaired) electrons. The zero-order valence-electron chi connectivity index (χ0n) is 8.28. The van der Waals surface area contributed by atoms with Crippen LogP contribution in [0.2, 0.25) is 0 Å². The molecular weight excluding hydrogens is 216 g/mol. The van der Waals surface area contributed by atoms with Gasteiger partial charge in [0.15, 0.2) is 0 Å². The predicted octanol–water partition coefficient (Wildman–Crippen LogP) is 3.48. The molecular formula is C10H17BrO. The van der Waals surface area contributed by atoms with Crippen LogP contribution in [0.25, 0.3) is 0 Å². The number of halogens is 1. The standard InChI is InChI=1S/C10H17BrO/c1-5-8(2)6-7-10(4,11)9(3)12/h6H,5,7H2,1-4H3. The molecule has 0 fully saturated rings. The second kappa shape index (κ2) is 4.80. The summed E-state index contributed by atoms with van der Waals surface area (Å²) < 4.78 is -0.372. The maximum Gasteiger partial charge on any atom is 0.146 e. The van der Waals surface area contributed by atoms with E-state index in [9.17, 15) is 4.79 Å². The molecule has 70 valence electrons. The lowest BCUT2D eigenvalue weighted by atomic mass is 10.0. The molecule has 2 heteroatoms. The maximum atomic E-state index is 11.1. The topological polar surface area (TPSA) is 17.1 Å². The predicted molar refractivity (Wildman–Crippen MR) is 56.7 cm³/mol. The Balaban J connectivity index is 4.17. The van der Waals surface area contributed by atoms with E-state index in [0.717, 1.165) is 12.8 Å². The summed E-state index contributed by atoms with van der Waals surface area (Å²) in [5.41, 5.74) is 1.34. The summed E-state index contributed by atoms with van der Waals surface area (Å²) in [6, 6.07) is 0. The molecule has 1 nitrogen and oxygen atoms in total. The number of alkyl halides is 1. The number of ketones is 1. The Morgan fingerprint density at radius 3 is 2.33 bits per heavy atom. The molecule has 0 aromatic heterocycles. The van der Waals surface area contributed by atoms with Crippen molar-refractivity contribution in [3.05, 3.63) is 11.6 Å². The van der Waals surface area contributed by atoms with Crippen LogP contribution in [-0.4, -0.2) is 10.1 Å². The van der Waals surface area contributed by atoms with E-state index in [1.807, 2.05) is 6.92 Å². The van der Waals surface area contributed by atoms with Gasteiger partial charge in [-0.25, -0.2) is 0 Å². The van der Waals surface area contributed by atoms with Gasteiger partial charge in [0, 0.05) is 0 Å². The molecule has 0 spiro atoms. The number of carbonyl (C=O) groups is 1. The zero-order chi connectivity index (χ0) is 9.78. The van der Waals surface area contributed by atoms with Crippen molar-refractivity contribution in [3.63, 3.8) is 0 Å². The smallest absolute Gasteiger partial charge is 0.146 e. The minimum atomic E-state index is -0.372. The van der Waals surface area contributed by atoms with Gasteiger partial charge in [-0.15, -0.1) is 0 Å². The highest BCUT2D eigenvalue weighted by atomic mass is 79.9. The maximum absolute atomic E-state index is 11.1. The minimum Gasteiger partial charge on any atom is -0.298 e. The highest BCUT2D eigenvalue weighted by Crippen LogP contribution is 2.24. The number of hydrogen-bond acceptors (Lipinski definition) is 1. The van der Waals surface area contributed by atoms with E-state index < -0.39 is 0 Å². The Bertz CT molecular complexity index is 192. The fraction of sp³-hybridized carbons (Fsp3) is 0.700. The highest BCUT2D eigenvalue weighted by molar-refractivity contribution is 9.10. The van der Waals surface area contributed by atoms with Crippen molar-refractivity contribution in [2.75, 3.05) is 0 Å². The molecule has 0 amide bonds. The van der Waals surface area contributed by atoms with E-state index in [1.54, 1.807) is 6.92 Å². The van der Waals surface area contributed by atoms with Crippen molar-refractivity contribution in [1.29, 1.82) is 0 Å². The van der Waals surface area contributed by atoms with Gasteiger partial charge in [0.1, 0.15) is 5.78 Å². The molecule has 0 aliphatic heterocycles. The summed E-state index contributed by atoms with van der Waals surface area (Å²) in [5, 5.41) is 0. The molecule has 12 heavy (non-hydrogen) atoms. The van der Waals surface area contributed by atoms with Crippen molar-refractivity contribution >= 4 is 21.7 Å². The largest absolute Gasteiger partial charge is 0.298 e. The lowest BCUT2D eigenvalue weighted by Gasteiger charge is -2.16. The van der Waals surface area contributed by atoms with Gasteiger partial charge in [0.25, 0.3) is 0 Å². The molecule has 0 aliphatic rings. The summed E-state index contributed by atoms with van der Waals surface area (Å²) in [7, 11) is 0. The quantitative estimate of drug-likeness (QED) is 0.536. The van der Waals surface area contributed by atoms with Gasteiger partial charge >= 0.3 is 0 Å². The molecule has 0 aromatic carbocycles. The molecule has 0 bridgehead atoms. The number of allylic oxidation sites excluding steroid dienone is 2. The normalized spacial score (nSPS) is 17.2. The van der Waals surface area contributed by atoms with Crippen LogP contribution >= 0.6 is 15.9 Å². The lowest BCUT2D eigenvalue weighted by Crippen LogP contribution is -2.24. The molecule has 0 heterocycles. The molecule has 0 saturated carbocycles. The third-order valence-corrected chi connectivity index (χ3v) is 3.01. The first-order valence-electron chi connectivity index (χ1n) is 4.25. The Morgan fingerprint density at radius 2 is 2.00 bits per heavy atom. The third kappa shape index (κ3) is 4.05. The second-order valence-corrected chi connectivity index (χ2v) is 5.11. The van der Waals surface area contributed by atoms with Crippen molar-refractivity contribution in [3.8, 4) is 0 Å². The summed E-state index contributed by atoms with van der Waals surface area (Å²) >= 11 is 3.41. The van der Waals surface area contributed by atoms with Gasteiger partial charge in [-0.1, -0.05) is 34.5 Å². The first-order chi connectivity index (χ1) is 5.40. The molecule has 1 unspecified atom stereocenters. The van der Waals surface area contributed by atoms with E-state index >= 15 is 0 Å². The average molecular weight is 233 g/mol. The van der Waals surface area contributed by atoms with Gasteiger partial charge in [-0.05, 0) is 33.6 Å². The number of hydrogen-bond donors (Lipinski definition) is 0. The molecule has 0 saturated heterocycles. The monoisotopic (exact) mass is 232 g/mol. The summed E-state index contributed by atoms with van der Waals surface area (Å²) in [6.45, 7) is 7.73. The average Bonchev–Trinajstić information content (AvgIpc) is 2.00. The summed E-state index contributed by atoms with van der Waals surface area (Å²) in [4.78, 5) is 11.1. The SMILES string of the molecule is CCC(C)=CCC(C)(Br)C(C)=O. The van der Waals surface area contributed by atoms with Crippen LogP contribution in [0.15, 0.2) is 11.6 Å². The highest BCUT2D eigenvalue weighted by Gasteiger charge is 2.24. The van der Waals surface area contributed by atoms with Crippen LogP contribution < -0.4 is 0 Å². The van der Waals surface area contributed by atoms with E-state index in [2.05, 4.69) is 35.9 Å². The third-order valence-electron chi connectivity index (χ3n) is 2.13. The van der Waals surface area contributed by atoms with Gasteiger partial charge in [-0.3, -0.25) is 4.79 Å². The van der Waals surface area contributed by atoms with Crippen molar-refractivity contribution in [2.24, 2.45) is 0 Å².